The summed E-state index contributed by atoms with van der Waals surface area (Å²) in [6.45, 7) is 3.82. The van der Waals surface area contributed by atoms with Crippen molar-refractivity contribution < 1.29 is 4.84 Å². The van der Waals surface area contributed by atoms with Gasteiger partial charge in [-0.05, 0) is 31.9 Å². The molecule has 0 radical (unpaired) electrons. The van der Waals surface area contributed by atoms with Crippen LogP contribution in [0.25, 0.3) is 0 Å². The molecule has 0 atom stereocenters. The van der Waals surface area contributed by atoms with Crippen molar-refractivity contribution in [1.82, 2.24) is 10.0 Å². The lowest BCUT2D eigenvalue weighted by molar-refractivity contribution is -0.145. The summed E-state index contributed by atoms with van der Waals surface area (Å²) < 4.78 is 0. The van der Waals surface area contributed by atoms with Gasteiger partial charge < -0.3 is 9.74 Å². The van der Waals surface area contributed by atoms with E-state index in [-0.39, 0.29) is 0 Å². The molecule has 0 aliphatic carbocycles. The predicted octanol–water partition coefficient (Wildman–Crippen LogP) is 1.72. The summed E-state index contributed by atoms with van der Waals surface area (Å²) >= 11 is 0. The van der Waals surface area contributed by atoms with Gasteiger partial charge in [0.1, 0.15) is 11.9 Å². The average Bonchev–Trinajstić information content (AvgIpc) is 2.46. The van der Waals surface area contributed by atoms with Crippen LogP contribution in [-0.4, -0.2) is 43.3 Å². The summed E-state index contributed by atoms with van der Waals surface area (Å²) in [6.07, 6.45) is 2.12. The third-order valence-corrected chi connectivity index (χ3v) is 3.78. The zero-order valence-corrected chi connectivity index (χ0v) is 11.8. The van der Waals surface area contributed by atoms with E-state index in [1.165, 1.54) is 0 Å². The Kier molecular flexibility index (Phi) is 4.35. The van der Waals surface area contributed by atoms with Crippen molar-refractivity contribution in [3.63, 3.8) is 0 Å². The first-order valence-electron chi connectivity index (χ1n) is 6.55. The molecule has 102 valence electrons. The lowest BCUT2D eigenvalue weighted by Gasteiger charge is -2.36. The Bertz CT molecular complexity index is 475. The van der Waals surface area contributed by atoms with E-state index in [0.29, 0.717) is 11.6 Å². The first-order chi connectivity index (χ1) is 9.15. The Morgan fingerprint density at radius 3 is 2.63 bits per heavy atom. The van der Waals surface area contributed by atoms with E-state index in [1.54, 1.807) is 7.11 Å². The topological polar surface area (TPSA) is 52.4 Å². The Hall–Kier alpha value is -1.64. The third-order valence-electron chi connectivity index (χ3n) is 3.78. The van der Waals surface area contributed by atoms with Gasteiger partial charge in [-0.25, -0.2) is 4.98 Å². The van der Waals surface area contributed by atoms with Gasteiger partial charge in [0.2, 0.25) is 0 Å². The molecule has 1 fully saturated rings. The van der Waals surface area contributed by atoms with Crippen molar-refractivity contribution in [3.05, 3.63) is 23.4 Å². The van der Waals surface area contributed by atoms with Crippen LogP contribution in [0, 0.1) is 18.3 Å². The normalized spacial score (nSPS) is 16.7. The average molecular weight is 260 g/mol. The van der Waals surface area contributed by atoms with E-state index < -0.39 is 0 Å². The molecule has 1 aliphatic rings. The fourth-order valence-electron chi connectivity index (χ4n) is 2.45. The summed E-state index contributed by atoms with van der Waals surface area (Å²) in [5.74, 6) is 0.968. The lowest BCUT2D eigenvalue weighted by atomic mass is 10.0. The molecule has 1 aliphatic heterocycles. The molecule has 2 heterocycles. The number of piperidine rings is 1. The highest BCUT2D eigenvalue weighted by atomic mass is 16.7. The molecule has 0 amide bonds. The highest BCUT2D eigenvalue weighted by Crippen LogP contribution is 2.21. The molecule has 1 saturated heterocycles. The summed E-state index contributed by atoms with van der Waals surface area (Å²) in [5, 5.41) is 10.8. The molecule has 0 aromatic carbocycles. The second-order valence-electron chi connectivity index (χ2n) is 4.86. The molecule has 5 nitrogen and oxygen atoms in total. The SMILES string of the molecule is CON(C)C1CCN(c2ccc(C#N)c(C)n2)CC1. The van der Waals surface area contributed by atoms with Crippen molar-refractivity contribution >= 4 is 5.82 Å². The van der Waals surface area contributed by atoms with Gasteiger partial charge in [0, 0.05) is 26.2 Å². The van der Waals surface area contributed by atoms with Gasteiger partial charge in [-0.3, -0.25) is 0 Å². The molecule has 0 spiro atoms. The van der Waals surface area contributed by atoms with Crippen LogP contribution in [0.1, 0.15) is 24.1 Å². The molecule has 1 aromatic rings. The molecule has 0 unspecified atom stereocenters. The van der Waals surface area contributed by atoms with Crippen LogP contribution in [0.4, 0.5) is 5.82 Å². The number of aromatic nitrogens is 1. The van der Waals surface area contributed by atoms with Gasteiger partial charge in [0.25, 0.3) is 0 Å². The molecule has 0 N–H and O–H groups in total. The number of anilines is 1. The van der Waals surface area contributed by atoms with E-state index in [9.17, 15) is 0 Å². The second kappa shape index (κ2) is 6.00. The zero-order chi connectivity index (χ0) is 13.8. The zero-order valence-electron chi connectivity index (χ0n) is 11.8. The molecule has 1 aromatic heterocycles. The number of nitrogens with zero attached hydrogens (tertiary/aromatic N) is 4. The van der Waals surface area contributed by atoms with E-state index in [0.717, 1.165) is 37.4 Å². The van der Waals surface area contributed by atoms with Crippen LogP contribution in [-0.2, 0) is 4.84 Å². The first-order valence-corrected chi connectivity index (χ1v) is 6.55. The van der Waals surface area contributed by atoms with Crippen LogP contribution in [0.2, 0.25) is 0 Å². The maximum absolute atomic E-state index is 8.92. The van der Waals surface area contributed by atoms with E-state index in [1.807, 2.05) is 31.2 Å². The van der Waals surface area contributed by atoms with Crippen molar-refractivity contribution in [2.45, 2.75) is 25.8 Å². The third kappa shape index (κ3) is 3.03. The van der Waals surface area contributed by atoms with Gasteiger partial charge in [-0.2, -0.15) is 10.3 Å². The minimum Gasteiger partial charge on any atom is -0.356 e. The number of hydroxylamine groups is 2. The van der Waals surface area contributed by atoms with Crippen molar-refractivity contribution in [1.29, 1.82) is 5.26 Å². The molecular formula is C14H20N4O. The van der Waals surface area contributed by atoms with Crippen LogP contribution >= 0.6 is 0 Å². The minimum absolute atomic E-state index is 0.473. The quantitative estimate of drug-likeness (QED) is 0.775. The van der Waals surface area contributed by atoms with Crippen LogP contribution in [0.15, 0.2) is 12.1 Å². The smallest absolute Gasteiger partial charge is 0.128 e. The molecule has 5 heteroatoms. The van der Waals surface area contributed by atoms with Gasteiger partial charge >= 0.3 is 0 Å². The van der Waals surface area contributed by atoms with E-state index >= 15 is 0 Å². The van der Waals surface area contributed by atoms with Gasteiger partial charge in [0.05, 0.1) is 18.4 Å². The van der Waals surface area contributed by atoms with E-state index in [4.69, 9.17) is 10.1 Å². The number of pyridine rings is 1. The fourth-order valence-corrected chi connectivity index (χ4v) is 2.45. The molecule has 2 rings (SSSR count). The molecule has 0 saturated carbocycles. The summed E-state index contributed by atoms with van der Waals surface area (Å²) in [4.78, 5) is 12.0. The Morgan fingerprint density at radius 2 is 2.11 bits per heavy atom. The largest absolute Gasteiger partial charge is 0.356 e. The number of nitriles is 1. The van der Waals surface area contributed by atoms with Gasteiger partial charge in [0.15, 0.2) is 0 Å². The summed E-state index contributed by atoms with van der Waals surface area (Å²) in [5.41, 5.74) is 1.45. The van der Waals surface area contributed by atoms with Crippen LogP contribution in [0.5, 0.6) is 0 Å². The molecule has 19 heavy (non-hydrogen) atoms. The van der Waals surface area contributed by atoms with Crippen molar-refractivity contribution in [2.75, 3.05) is 32.1 Å². The van der Waals surface area contributed by atoms with Crippen molar-refractivity contribution in [2.24, 2.45) is 0 Å². The minimum atomic E-state index is 0.473. The Labute approximate surface area is 114 Å². The summed E-state index contributed by atoms with van der Waals surface area (Å²) in [6, 6.07) is 6.41. The highest BCUT2D eigenvalue weighted by molar-refractivity contribution is 5.45. The fraction of sp³-hybridized carbons (Fsp3) is 0.571. The standard InChI is InChI=1S/C14H20N4O/c1-11-12(10-15)4-5-14(16-11)18-8-6-13(7-9-18)17(2)19-3/h4-5,13H,6-9H2,1-3H3. The Balaban J connectivity index is 2.02. The van der Waals surface area contributed by atoms with Gasteiger partial charge in [-0.1, -0.05) is 0 Å². The number of hydrogen-bond acceptors (Lipinski definition) is 5. The number of aryl methyl sites for hydroxylation is 1. The predicted molar refractivity (Wildman–Crippen MR) is 73.7 cm³/mol. The van der Waals surface area contributed by atoms with E-state index in [2.05, 4.69) is 16.0 Å². The molecular weight excluding hydrogens is 240 g/mol. The monoisotopic (exact) mass is 260 g/mol. The van der Waals surface area contributed by atoms with Crippen molar-refractivity contribution in [3.8, 4) is 6.07 Å². The second-order valence-corrected chi connectivity index (χ2v) is 4.86. The number of rotatable bonds is 3. The van der Waals surface area contributed by atoms with Crippen LogP contribution < -0.4 is 4.90 Å². The van der Waals surface area contributed by atoms with Gasteiger partial charge in [-0.15, -0.1) is 0 Å². The maximum Gasteiger partial charge on any atom is 0.128 e. The maximum atomic E-state index is 8.92. The lowest BCUT2D eigenvalue weighted by Crippen LogP contribution is -2.43. The first kappa shape index (κ1) is 13.8. The number of hydrogen-bond donors (Lipinski definition) is 0. The Morgan fingerprint density at radius 1 is 1.42 bits per heavy atom. The highest BCUT2D eigenvalue weighted by Gasteiger charge is 2.23. The summed E-state index contributed by atoms with van der Waals surface area (Å²) in [7, 11) is 3.68. The molecule has 0 bridgehead atoms. The van der Waals surface area contributed by atoms with Crippen LogP contribution in [0.3, 0.4) is 0 Å².